The van der Waals surface area contributed by atoms with Crippen molar-refractivity contribution >= 4 is 51.9 Å². The summed E-state index contributed by atoms with van der Waals surface area (Å²) in [6.45, 7) is 4.15. The third kappa shape index (κ3) is 5.38. The highest BCUT2D eigenvalue weighted by molar-refractivity contribution is 8.26. The van der Waals surface area contributed by atoms with E-state index in [1.54, 1.807) is 31.2 Å². The van der Waals surface area contributed by atoms with Crippen molar-refractivity contribution in [2.24, 2.45) is 0 Å². The summed E-state index contributed by atoms with van der Waals surface area (Å²) in [7, 11) is 0. The third-order valence-electron chi connectivity index (χ3n) is 5.34. The van der Waals surface area contributed by atoms with Crippen molar-refractivity contribution in [2.45, 2.75) is 19.9 Å². The van der Waals surface area contributed by atoms with Gasteiger partial charge in [0.25, 0.3) is 5.91 Å². The number of thiocarbonyl (C=S) groups is 1. The van der Waals surface area contributed by atoms with E-state index in [4.69, 9.17) is 17.0 Å². The van der Waals surface area contributed by atoms with Crippen molar-refractivity contribution in [1.82, 2.24) is 4.90 Å². The average Bonchev–Trinajstić information content (AvgIpc) is 3.13. The van der Waals surface area contributed by atoms with Crippen molar-refractivity contribution < 1.29 is 14.3 Å². The van der Waals surface area contributed by atoms with Crippen LogP contribution < -0.4 is 10.1 Å². The molecule has 1 unspecified atom stereocenters. The molecule has 1 aliphatic heterocycles. The maximum absolute atomic E-state index is 13.1. The first kappa shape index (κ1) is 23.7. The number of amides is 2. The van der Waals surface area contributed by atoms with Gasteiger partial charge in [0.15, 0.2) is 0 Å². The average molecular weight is 489 g/mol. The Kier molecular flexibility index (Phi) is 7.45. The second-order valence-corrected chi connectivity index (χ2v) is 9.34. The first-order chi connectivity index (χ1) is 16.5. The summed E-state index contributed by atoms with van der Waals surface area (Å²) < 4.78 is 5.79. The molecule has 1 saturated heterocycles. The first-order valence-electron chi connectivity index (χ1n) is 10.9. The molecule has 3 aromatic carbocycles. The fourth-order valence-corrected chi connectivity index (χ4v) is 4.95. The van der Waals surface area contributed by atoms with Crippen LogP contribution >= 0.6 is 24.0 Å². The number of thioether (sulfide) groups is 1. The molecule has 1 aliphatic rings. The molecular weight excluding hydrogens is 464 g/mol. The van der Waals surface area contributed by atoms with Gasteiger partial charge in [-0.15, -0.1) is 0 Å². The van der Waals surface area contributed by atoms with E-state index in [-0.39, 0.29) is 11.8 Å². The first-order valence-corrected chi connectivity index (χ1v) is 12.1. The lowest BCUT2D eigenvalue weighted by atomic mass is 10.0. The van der Waals surface area contributed by atoms with Crippen LogP contribution in [-0.2, 0) is 9.59 Å². The quantitative estimate of drug-likeness (QED) is 0.327. The van der Waals surface area contributed by atoms with E-state index in [1.807, 2.05) is 55.5 Å². The standard InChI is InChI=1S/C27H24N2O3S2/c1-3-32-23-15-13-22(14-16-23)28-25(30)18(2)29-26(31)24(34-27(29)33)17-19-9-11-21(12-10-19)20-7-5-4-6-8-20/h4-18H,3H2,1-2H3,(H,28,30)/b24-17-. The number of carbonyl (C=O) groups is 2. The number of benzene rings is 3. The Balaban J connectivity index is 1.44. The Morgan fingerprint density at radius 3 is 2.32 bits per heavy atom. The van der Waals surface area contributed by atoms with Gasteiger partial charge < -0.3 is 10.1 Å². The van der Waals surface area contributed by atoms with Crippen LogP contribution in [0.25, 0.3) is 17.2 Å². The van der Waals surface area contributed by atoms with Gasteiger partial charge in [0.05, 0.1) is 11.5 Å². The molecule has 34 heavy (non-hydrogen) atoms. The molecule has 5 nitrogen and oxygen atoms in total. The molecular formula is C27H24N2O3S2. The molecule has 2 amide bonds. The van der Waals surface area contributed by atoms with Gasteiger partial charge in [-0.25, -0.2) is 0 Å². The third-order valence-corrected chi connectivity index (χ3v) is 6.67. The summed E-state index contributed by atoms with van der Waals surface area (Å²) in [5.41, 5.74) is 3.75. The monoisotopic (exact) mass is 488 g/mol. The minimum Gasteiger partial charge on any atom is -0.494 e. The van der Waals surface area contributed by atoms with Gasteiger partial charge in [-0.2, -0.15) is 0 Å². The number of carbonyl (C=O) groups excluding carboxylic acids is 2. The van der Waals surface area contributed by atoms with Crippen LogP contribution in [0.5, 0.6) is 5.75 Å². The summed E-state index contributed by atoms with van der Waals surface area (Å²) in [5.74, 6) is 0.151. The predicted molar refractivity (Wildman–Crippen MR) is 143 cm³/mol. The fourth-order valence-electron chi connectivity index (χ4n) is 3.53. The molecule has 0 saturated carbocycles. The van der Waals surface area contributed by atoms with E-state index < -0.39 is 6.04 Å². The largest absolute Gasteiger partial charge is 0.494 e. The lowest BCUT2D eigenvalue weighted by molar-refractivity contribution is -0.129. The zero-order chi connectivity index (χ0) is 24.1. The molecule has 7 heteroatoms. The van der Waals surface area contributed by atoms with Gasteiger partial charge in [0, 0.05) is 5.69 Å². The van der Waals surface area contributed by atoms with Crippen LogP contribution in [0.15, 0.2) is 83.8 Å². The number of nitrogens with one attached hydrogen (secondary N) is 1. The van der Waals surface area contributed by atoms with E-state index in [0.717, 1.165) is 22.4 Å². The molecule has 1 N–H and O–H groups in total. The van der Waals surface area contributed by atoms with Gasteiger partial charge in [-0.3, -0.25) is 14.5 Å². The molecule has 0 aromatic heterocycles. The summed E-state index contributed by atoms with van der Waals surface area (Å²) in [6, 6.07) is 24.4. The Bertz CT molecular complexity index is 1220. The van der Waals surface area contributed by atoms with Gasteiger partial charge >= 0.3 is 0 Å². The van der Waals surface area contributed by atoms with Crippen molar-refractivity contribution in [3.8, 4) is 16.9 Å². The van der Waals surface area contributed by atoms with Crippen LogP contribution in [0.1, 0.15) is 19.4 Å². The van der Waals surface area contributed by atoms with E-state index in [9.17, 15) is 9.59 Å². The number of hydrogen-bond donors (Lipinski definition) is 1. The van der Waals surface area contributed by atoms with Crippen LogP contribution in [-0.4, -0.2) is 33.7 Å². The topological polar surface area (TPSA) is 58.6 Å². The van der Waals surface area contributed by atoms with Gasteiger partial charge in [-0.05, 0) is 60.9 Å². The molecule has 1 fully saturated rings. The van der Waals surface area contributed by atoms with Crippen molar-refractivity contribution in [1.29, 1.82) is 0 Å². The van der Waals surface area contributed by atoms with E-state index >= 15 is 0 Å². The van der Waals surface area contributed by atoms with Gasteiger partial charge in [-0.1, -0.05) is 78.6 Å². The summed E-state index contributed by atoms with van der Waals surface area (Å²) in [6.07, 6.45) is 1.81. The zero-order valence-corrected chi connectivity index (χ0v) is 20.5. The molecule has 1 heterocycles. The van der Waals surface area contributed by atoms with E-state index in [1.165, 1.54) is 16.7 Å². The smallest absolute Gasteiger partial charge is 0.266 e. The highest BCUT2D eigenvalue weighted by atomic mass is 32.2. The molecule has 3 aromatic rings. The maximum atomic E-state index is 13.1. The highest BCUT2D eigenvalue weighted by Gasteiger charge is 2.38. The number of anilines is 1. The number of ether oxygens (including phenoxy) is 1. The van der Waals surface area contributed by atoms with E-state index in [2.05, 4.69) is 17.4 Å². The molecule has 4 rings (SSSR count). The Labute approximate surface area is 208 Å². The fraction of sp³-hybridized carbons (Fsp3) is 0.148. The highest BCUT2D eigenvalue weighted by Crippen LogP contribution is 2.34. The van der Waals surface area contributed by atoms with Crippen molar-refractivity contribution in [2.75, 3.05) is 11.9 Å². The summed E-state index contributed by atoms with van der Waals surface area (Å²) in [4.78, 5) is 27.8. The second-order valence-electron chi connectivity index (χ2n) is 7.66. The number of nitrogens with zero attached hydrogens (tertiary/aromatic N) is 1. The molecule has 172 valence electrons. The van der Waals surface area contributed by atoms with Crippen LogP contribution in [0.2, 0.25) is 0 Å². The Morgan fingerprint density at radius 2 is 1.68 bits per heavy atom. The van der Waals surface area contributed by atoms with Gasteiger partial charge in [0.1, 0.15) is 16.1 Å². The Hall–Kier alpha value is -3.42. The Morgan fingerprint density at radius 1 is 1.03 bits per heavy atom. The molecule has 0 spiro atoms. The van der Waals surface area contributed by atoms with Crippen LogP contribution in [0.3, 0.4) is 0 Å². The number of rotatable bonds is 7. The second kappa shape index (κ2) is 10.7. The molecule has 0 aliphatic carbocycles. The molecule has 0 bridgehead atoms. The lowest BCUT2D eigenvalue weighted by Crippen LogP contribution is -2.44. The van der Waals surface area contributed by atoms with Crippen molar-refractivity contribution in [3.63, 3.8) is 0 Å². The summed E-state index contributed by atoms with van der Waals surface area (Å²) in [5, 5.41) is 2.84. The van der Waals surface area contributed by atoms with Crippen molar-refractivity contribution in [3.05, 3.63) is 89.3 Å². The summed E-state index contributed by atoms with van der Waals surface area (Å²) >= 11 is 6.64. The van der Waals surface area contributed by atoms with Gasteiger partial charge in [0.2, 0.25) is 5.91 Å². The maximum Gasteiger partial charge on any atom is 0.266 e. The SMILES string of the molecule is CCOc1ccc(NC(=O)C(C)N2C(=O)/C(=C/c3ccc(-c4ccccc4)cc3)SC2=S)cc1. The predicted octanol–water partition coefficient (Wildman–Crippen LogP) is 5.98. The number of hydrogen-bond acceptors (Lipinski definition) is 5. The minimum absolute atomic E-state index is 0.267. The van der Waals surface area contributed by atoms with E-state index in [0.29, 0.717) is 21.5 Å². The lowest BCUT2D eigenvalue weighted by Gasteiger charge is -2.22. The zero-order valence-electron chi connectivity index (χ0n) is 18.9. The van der Waals surface area contributed by atoms with Crippen LogP contribution in [0, 0.1) is 0 Å². The minimum atomic E-state index is -0.745. The molecule has 1 atom stereocenters. The molecule has 0 radical (unpaired) electrons. The van der Waals surface area contributed by atoms with Crippen LogP contribution in [0.4, 0.5) is 5.69 Å². The normalized spacial score (nSPS) is 15.5.